The van der Waals surface area contributed by atoms with Crippen LogP contribution in [-0.2, 0) is 11.2 Å². The summed E-state index contributed by atoms with van der Waals surface area (Å²) in [5, 5.41) is 2.99. The first kappa shape index (κ1) is 15.7. The van der Waals surface area contributed by atoms with Gasteiger partial charge in [-0.3, -0.25) is 4.79 Å². The summed E-state index contributed by atoms with van der Waals surface area (Å²) in [5.41, 5.74) is 1.33. The van der Waals surface area contributed by atoms with Gasteiger partial charge in [-0.2, -0.15) is 0 Å². The van der Waals surface area contributed by atoms with Gasteiger partial charge in [0.15, 0.2) is 0 Å². The lowest BCUT2D eigenvalue weighted by Crippen LogP contribution is -2.29. The summed E-state index contributed by atoms with van der Waals surface area (Å²) in [6.45, 7) is 2.54. The number of carbonyl (C=O) groups is 1. The fourth-order valence-corrected chi connectivity index (χ4v) is 3.00. The van der Waals surface area contributed by atoms with E-state index in [1.807, 2.05) is 0 Å². The molecule has 0 unspecified atom stereocenters. The highest BCUT2D eigenvalue weighted by molar-refractivity contribution is 5.78. The number of aromatic nitrogens is 1. The molecular weight excluding hydrogens is 295 g/mol. The van der Waals surface area contributed by atoms with E-state index in [4.69, 9.17) is 4.42 Å². The van der Waals surface area contributed by atoms with Crippen molar-refractivity contribution in [3.8, 4) is 11.5 Å². The third kappa shape index (κ3) is 3.97. The van der Waals surface area contributed by atoms with Crippen molar-refractivity contribution in [2.24, 2.45) is 5.92 Å². The molecule has 4 nitrogen and oxygen atoms in total. The summed E-state index contributed by atoms with van der Waals surface area (Å²) >= 11 is 0. The maximum absolute atomic E-state index is 13.0. The summed E-state index contributed by atoms with van der Waals surface area (Å²) < 4.78 is 18.6. The van der Waals surface area contributed by atoms with E-state index in [9.17, 15) is 9.18 Å². The van der Waals surface area contributed by atoms with Crippen LogP contribution in [-0.4, -0.2) is 17.4 Å². The number of oxazole rings is 1. The van der Waals surface area contributed by atoms with Gasteiger partial charge in [0.05, 0.1) is 12.1 Å². The Morgan fingerprint density at radius 2 is 2.00 bits per heavy atom. The summed E-state index contributed by atoms with van der Waals surface area (Å²) in [5.74, 6) is 1.33. The van der Waals surface area contributed by atoms with Gasteiger partial charge in [0.1, 0.15) is 11.6 Å². The second-order valence-corrected chi connectivity index (χ2v) is 6.16. The molecule has 2 aromatic rings. The maximum Gasteiger partial charge on any atom is 0.226 e. The predicted octanol–water partition coefficient (Wildman–Crippen LogP) is 3.64. The number of hydrogen-bond donors (Lipinski definition) is 1. The van der Waals surface area contributed by atoms with Gasteiger partial charge in [-0.1, -0.05) is 12.8 Å². The van der Waals surface area contributed by atoms with Gasteiger partial charge < -0.3 is 9.73 Å². The van der Waals surface area contributed by atoms with Crippen molar-refractivity contribution < 1.29 is 13.6 Å². The number of hydrogen-bond acceptors (Lipinski definition) is 3. The van der Waals surface area contributed by atoms with E-state index in [2.05, 4.69) is 10.3 Å². The highest BCUT2D eigenvalue weighted by atomic mass is 19.1. The predicted molar refractivity (Wildman–Crippen MR) is 85.3 cm³/mol. The summed E-state index contributed by atoms with van der Waals surface area (Å²) in [4.78, 5) is 16.4. The lowest BCUT2D eigenvalue weighted by atomic mass is 10.1. The van der Waals surface area contributed by atoms with Crippen molar-refractivity contribution in [2.75, 3.05) is 6.54 Å². The fraction of sp³-hybridized carbons (Fsp3) is 0.444. The number of benzene rings is 1. The molecule has 1 aromatic carbocycles. The minimum atomic E-state index is -0.302. The van der Waals surface area contributed by atoms with E-state index in [1.165, 1.54) is 37.8 Å². The molecule has 0 saturated heterocycles. The average Bonchev–Trinajstić information content (AvgIpc) is 3.17. The number of halogens is 1. The Morgan fingerprint density at radius 1 is 1.30 bits per heavy atom. The molecule has 1 aromatic heterocycles. The van der Waals surface area contributed by atoms with Crippen LogP contribution in [0.3, 0.4) is 0 Å². The molecule has 1 saturated carbocycles. The van der Waals surface area contributed by atoms with Crippen LogP contribution in [0, 0.1) is 18.7 Å². The molecule has 3 rings (SSSR count). The Morgan fingerprint density at radius 3 is 2.70 bits per heavy atom. The first-order valence-electron chi connectivity index (χ1n) is 8.11. The summed E-state index contributed by atoms with van der Waals surface area (Å²) in [6.07, 6.45) is 5.16. The number of carbonyl (C=O) groups excluding carboxylic acids is 1. The van der Waals surface area contributed by atoms with Crippen LogP contribution in [0.2, 0.25) is 0 Å². The maximum atomic E-state index is 13.0. The molecule has 0 bridgehead atoms. The normalized spacial score (nSPS) is 15.0. The molecule has 1 fully saturated rings. The lowest BCUT2D eigenvalue weighted by molar-refractivity contribution is -0.120. The third-order valence-electron chi connectivity index (χ3n) is 4.37. The topological polar surface area (TPSA) is 55.1 Å². The quantitative estimate of drug-likeness (QED) is 0.916. The number of nitrogens with zero attached hydrogens (tertiary/aromatic N) is 1. The van der Waals surface area contributed by atoms with Crippen molar-refractivity contribution in [1.82, 2.24) is 10.3 Å². The molecule has 0 radical (unpaired) electrons. The summed E-state index contributed by atoms with van der Waals surface area (Å²) in [7, 11) is 0. The highest BCUT2D eigenvalue weighted by Crippen LogP contribution is 2.24. The first-order valence-corrected chi connectivity index (χ1v) is 8.11. The van der Waals surface area contributed by atoms with Crippen LogP contribution in [0.1, 0.15) is 37.1 Å². The molecule has 1 heterocycles. The largest absolute Gasteiger partial charge is 0.441 e. The van der Waals surface area contributed by atoms with E-state index in [-0.39, 0.29) is 18.1 Å². The van der Waals surface area contributed by atoms with E-state index >= 15 is 0 Å². The molecule has 1 N–H and O–H groups in total. The van der Waals surface area contributed by atoms with Crippen molar-refractivity contribution in [2.45, 2.75) is 39.0 Å². The van der Waals surface area contributed by atoms with Gasteiger partial charge in [-0.25, -0.2) is 9.37 Å². The SMILES string of the molecule is Cc1oc(-c2ccc(F)cc2)nc1CC(=O)NCC1CCCC1. The van der Waals surface area contributed by atoms with Crippen LogP contribution in [0.25, 0.3) is 11.5 Å². The zero-order valence-electron chi connectivity index (χ0n) is 13.3. The Kier molecular flexibility index (Phi) is 4.74. The second-order valence-electron chi connectivity index (χ2n) is 6.16. The number of nitrogens with one attached hydrogen (secondary N) is 1. The van der Waals surface area contributed by atoms with E-state index in [1.54, 1.807) is 19.1 Å². The first-order chi connectivity index (χ1) is 11.1. The zero-order chi connectivity index (χ0) is 16.2. The van der Waals surface area contributed by atoms with Crippen molar-refractivity contribution in [3.63, 3.8) is 0 Å². The molecule has 1 aliphatic rings. The van der Waals surface area contributed by atoms with Crippen molar-refractivity contribution in [3.05, 3.63) is 41.5 Å². The monoisotopic (exact) mass is 316 g/mol. The Bertz CT molecular complexity index is 673. The number of rotatable bonds is 5. The highest BCUT2D eigenvalue weighted by Gasteiger charge is 2.18. The molecule has 122 valence electrons. The van der Waals surface area contributed by atoms with Crippen LogP contribution < -0.4 is 5.32 Å². The van der Waals surface area contributed by atoms with Gasteiger partial charge in [0.25, 0.3) is 0 Å². The molecular formula is C18H21FN2O2. The number of amides is 1. The minimum absolute atomic E-state index is 0.0287. The molecule has 0 aliphatic heterocycles. The van der Waals surface area contributed by atoms with Crippen LogP contribution in [0.4, 0.5) is 4.39 Å². The number of aryl methyl sites for hydroxylation is 1. The molecule has 1 amide bonds. The van der Waals surface area contributed by atoms with Crippen LogP contribution >= 0.6 is 0 Å². The second kappa shape index (κ2) is 6.94. The molecule has 1 aliphatic carbocycles. The van der Waals surface area contributed by atoms with Crippen molar-refractivity contribution >= 4 is 5.91 Å². The van der Waals surface area contributed by atoms with Gasteiger partial charge in [0.2, 0.25) is 11.8 Å². The molecule has 23 heavy (non-hydrogen) atoms. The minimum Gasteiger partial charge on any atom is -0.441 e. The van der Waals surface area contributed by atoms with E-state index in [0.717, 1.165) is 6.54 Å². The average molecular weight is 316 g/mol. The Balaban J connectivity index is 1.61. The molecule has 5 heteroatoms. The van der Waals surface area contributed by atoms with Gasteiger partial charge in [-0.05, 0) is 49.9 Å². The lowest BCUT2D eigenvalue weighted by Gasteiger charge is -2.09. The van der Waals surface area contributed by atoms with E-state index in [0.29, 0.717) is 28.8 Å². The van der Waals surface area contributed by atoms with Gasteiger partial charge in [-0.15, -0.1) is 0 Å². The van der Waals surface area contributed by atoms with Gasteiger partial charge in [0, 0.05) is 12.1 Å². The zero-order valence-corrected chi connectivity index (χ0v) is 13.3. The standard InChI is InChI=1S/C18H21FN2O2/c1-12-16(10-17(22)20-11-13-4-2-3-5-13)21-18(23-12)14-6-8-15(19)9-7-14/h6-9,13H,2-5,10-11H2,1H3,(H,20,22). The Hall–Kier alpha value is -2.17. The molecule has 0 spiro atoms. The Labute approximate surface area is 135 Å². The smallest absolute Gasteiger partial charge is 0.226 e. The summed E-state index contributed by atoms with van der Waals surface area (Å²) in [6, 6.07) is 5.96. The van der Waals surface area contributed by atoms with Crippen molar-refractivity contribution in [1.29, 1.82) is 0 Å². The van der Waals surface area contributed by atoms with Crippen LogP contribution in [0.5, 0.6) is 0 Å². The molecule has 0 atom stereocenters. The third-order valence-corrected chi connectivity index (χ3v) is 4.37. The van der Waals surface area contributed by atoms with Crippen LogP contribution in [0.15, 0.2) is 28.7 Å². The van der Waals surface area contributed by atoms with Gasteiger partial charge >= 0.3 is 0 Å². The fourth-order valence-electron chi connectivity index (χ4n) is 3.00. The van der Waals surface area contributed by atoms with E-state index < -0.39 is 0 Å².